The number of nitrogens with zero attached hydrogens (tertiary/aromatic N) is 3. The predicted octanol–water partition coefficient (Wildman–Crippen LogP) is 2.79. The largest absolute Gasteiger partial charge is 0.456 e. The lowest BCUT2D eigenvalue weighted by Crippen LogP contribution is -2.30. The van der Waals surface area contributed by atoms with Crippen LogP contribution in [0.15, 0.2) is 47.1 Å². The van der Waals surface area contributed by atoms with E-state index in [0.717, 1.165) is 47.0 Å². The molecule has 1 aliphatic rings. The van der Waals surface area contributed by atoms with Crippen molar-refractivity contribution in [3.05, 3.63) is 59.9 Å². The quantitative estimate of drug-likeness (QED) is 0.596. The summed E-state index contributed by atoms with van der Waals surface area (Å²) in [7, 11) is 2.01. The molecule has 0 aliphatic carbocycles. The Balaban J connectivity index is 1.57. The van der Waals surface area contributed by atoms with Gasteiger partial charge in [0.15, 0.2) is 11.6 Å². The summed E-state index contributed by atoms with van der Waals surface area (Å²) < 4.78 is 8.21. The van der Waals surface area contributed by atoms with Gasteiger partial charge in [0.1, 0.15) is 11.8 Å². The first kappa shape index (κ1) is 13.6. The molecule has 4 heterocycles. The highest BCUT2D eigenvalue weighted by molar-refractivity contribution is 5.79. The number of aromatic nitrogens is 4. The highest BCUT2D eigenvalue weighted by Crippen LogP contribution is 2.31. The lowest BCUT2D eigenvalue weighted by molar-refractivity contribution is 0.435. The van der Waals surface area contributed by atoms with Crippen LogP contribution in [0.1, 0.15) is 23.2 Å². The molecule has 0 bridgehead atoms. The van der Waals surface area contributed by atoms with Crippen molar-refractivity contribution in [1.29, 1.82) is 0 Å². The van der Waals surface area contributed by atoms with Gasteiger partial charge in [-0.3, -0.25) is 0 Å². The fourth-order valence-electron chi connectivity index (χ4n) is 3.45. The van der Waals surface area contributed by atoms with Crippen molar-refractivity contribution in [2.45, 2.75) is 12.5 Å². The summed E-state index contributed by atoms with van der Waals surface area (Å²) in [5, 5.41) is 3.48. The maximum absolute atomic E-state index is 6.15. The van der Waals surface area contributed by atoms with Gasteiger partial charge >= 0.3 is 0 Å². The molecule has 1 aromatic carbocycles. The SMILES string of the molecule is Cn1c(-c2ccc([C@@H]3NCCc4[nH]cnc43)o2)nc2ccccc21. The van der Waals surface area contributed by atoms with Crippen molar-refractivity contribution in [3.8, 4) is 11.6 Å². The number of aryl methyl sites for hydroxylation is 1. The molecule has 2 N–H and O–H groups in total. The average molecular weight is 319 g/mol. The molecule has 0 unspecified atom stereocenters. The molecule has 0 saturated heterocycles. The lowest BCUT2D eigenvalue weighted by Gasteiger charge is -2.21. The summed E-state index contributed by atoms with van der Waals surface area (Å²) in [5.74, 6) is 2.47. The Morgan fingerprint density at radius 2 is 2.12 bits per heavy atom. The fraction of sp³-hybridized carbons (Fsp3) is 0.222. The van der Waals surface area contributed by atoms with Gasteiger partial charge in [-0.25, -0.2) is 9.97 Å². The number of aromatic amines is 1. The Hall–Kier alpha value is -2.86. The Labute approximate surface area is 138 Å². The van der Waals surface area contributed by atoms with Crippen LogP contribution >= 0.6 is 0 Å². The third-order valence-electron chi connectivity index (χ3n) is 4.67. The monoisotopic (exact) mass is 319 g/mol. The van der Waals surface area contributed by atoms with Gasteiger partial charge in [-0.05, 0) is 24.3 Å². The summed E-state index contributed by atoms with van der Waals surface area (Å²) >= 11 is 0. The van der Waals surface area contributed by atoms with Crippen LogP contribution in [0, 0.1) is 0 Å². The van der Waals surface area contributed by atoms with Gasteiger partial charge in [-0.2, -0.15) is 0 Å². The zero-order valence-electron chi connectivity index (χ0n) is 13.3. The van der Waals surface area contributed by atoms with E-state index in [9.17, 15) is 0 Å². The van der Waals surface area contributed by atoms with Crippen LogP contribution in [0.4, 0.5) is 0 Å². The second kappa shape index (κ2) is 5.07. The minimum absolute atomic E-state index is 0.0107. The first-order valence-corrected chi connectivity index (χ1v) is 8.08. The van der Waals surface area contributed by atoms with Crippen LogP contribution in [0.25, 0.3) is 22.6 Å². The third-order valence-corrected chi connectivity index (χ3v) is 4.67. The summed E-state index contributed by atoms with van der Waals surface area (Å²) in [6, 6.07) is 12.1. The number of fused-ring (bicyclic) bond motifs is 2. The highest BCUT2D eigenvalue weighted by Gasteiger charge is 2.27. The standard InChI is InChI=1S/C18H17N5O/c1-23-13-5-3-2-4-11(13)22-18(23)15-7-6-14(24-15)17-16-12(8-9-19-17)20-10-21-16/h2-7,10,17,19H,8-9H2,1H3,(H,20,21)/t17-/m0/s1. The van der Waals surface area contributed by atoms with E-state index in [-0.39, 0.29) is 6.04 Å². The van der Waals surface area contributed by atoms with Crippen LogP contribution in [0.2, 0.25) is 0 Å². The number of hydrogen-bond donors (Lipinski definition) is 2. The van der Waals surface area contributed by atoms with Crippen molar-refractivity contribution < 1.29 is 4.42 Å². The maximum Gasteiger partial charge on any atom is 0.176 e. The molecule has 1 atom stereocenters. The molecule has 120 valence electrons. The molecule has 6 nitrogen and oxygen atoms in total. The Morgan fingerprint density at radius 3 is 3.04 bits per heavy atom. The molecule has 3 aromatic heterocycles. The van der Waals surface area contributed by atoms with Crippen molar-refractivity contribution in [2.24, 2.45) is 7.05 Å². The number of furan rings is 1. The number of benzene rings is 1. The van der Waals surface area contributed by atoms with Crippen molar-refractivity contribution in [1.82, 2.24) is 24.8 Å². The second-order valence-electron chi connectivity index (χ2n) is 6.09. The highest BCUT2D eigenvalue weighted by atomic mass is 16.3. The number of nitrogens with one attached hydrogen (secondary N) is 2. The molecule has 0 radical (unpaired) electrons. The average Bonchev–Trinajstić information content (AvgIpc) is 3.33. The summed E-state index contributed by atoms with van der Waals surface area (Å²) in [6.07, 6.45) is 2.71. The molecular formula is C18H17N5O. The fourth-order valence-corrected chi connectivity index (χ4v) is 3.45. The van der Waals surface area contributed by atoms with Gasteiger partial charge in [-0.1, -0.05) is 12.1 Å². The second-order valence-corrected chi connectivity index (χ2v) is 6.09. The zero-order chi connectivity index (χ0) is 16.1. The molecule has 0 fully saturated rings. The number of rotatable bonds is 2. The van der Waals surface area contributed by atoms with Gasteiger partial charge in [0, 0.05) is 25.7 Å². The number of H-pyrrole nitrogens is 1. The van der Waals surface area contributed by atoms with Crippen molar-refractivity contribution in [3.63, 3.8) is 0 Å². The molecule has 6 heteroatoms. The van der Waals surface area contributed by atoms with Crippen LogP contribution in [0.3, 0.4) is 0 Å². The summed E-state index contributed by atoms with van der Waals surface area (Å²) in [6.45, 7) is 0.905. The minimum Gasteiger partial charge on any atom is -0.456 e. The normalized spacial score (nSPS) is 17.3. The zero-order valence-corrected chi connectivity index (χ0v) is 13.3. The summed E-state index contributed by atoms with van der Waals surface area (Å²) in [4.78, 5) is 12.4. The van der Waals surface area contributed by atoms with Crippen LogP contribution in [-0.2, 0) is 13.5 Å². The summed E-state index contributed by atoms with van der Waals surface area (Å²) in [5.41, 5.74) is 4.26. The Bertz CT molecular complexity index is 1030. The van der Waals surface area contributed by atoms with Gasteiger partial charge in [0.05, 0.1) is 23.1 Å². The Morgan fingerprint density at radius 1 is 1.21 bits per heavy atom. The smallest absolute Gasteiger partial charge is 0.176 e. The van der Waals surface area contributed by atoms with Gasteiger partial charge < -0.3 is 19.3 Å². The van der Waals surface area contributed by atoms with Gasteiger partial charge in [0.25, 0.3) is 0 Å². The lowest BCUT2D eigenvalue weighted by atomic mass is 10.0. The molecular weight excluding hydrogens is 302 g/mol. The molecule has 5 rings (SSSR count). The molecule has 0 spiro atoms. The van der Waals surface area contributed by atoms with E-state index in [1.807, 2.05) is 37.4 Å². The number of para-hydroxylation sites is 2. The minimum atomic E-state index is -0.0107. The van der Waals surface area contributed by atoms with Gasteiger partial charge in [-0.15, -0.1) is 0 Å². The number of hydrogen-bond acceptors (Lipinski definition) is 4. The van der Waals surface area contributed by atoms with E-state index in [1.54, 1.807) is 6.33 Å². The first-order chi connectivity index (χ1) is 11.8. The van der Waals surface area contributed by atoms with E-state index >= 15 is 0 Å². The topological polar surface area (TPSA) is 71.7 Å². The predicted molar refractivity (Wildman–Crippen MR) is 90.6 cm³/mol. The molecule has 1 aliphatic heterocycles. The third kappa shape index (κ3) is 1.93. The van der Waals surface area contributed by atoms with Crippen LogP contribution in [-0.4, -0.2) is 26.1 Å². The van der Waals surface area contributed by atoms with E-state index in [2.05, 4.69) is 25.9 Å². The van der Waals surface area contributed by atoms with E-state index in [1.165, 1.54) is 5.69 Å². The molecule has 0 amide bonds. The van der Waals surface area contributed by atoms with E-state index < -0.39 is 0 Å². The van der Waals surface area contributed by atoms with Crippen molar-refractivity contribution >= 4 is 11.0 Å². The van der Waals surface area contributed by atoms with E-state index in [4.69, 9.17) is 9.40 Å². The van der Waals surface area contributed by atoms with Crippen molar-refractivity contribution in [2.75, 3.05) is 6.54 Å². The van der Waals surface area contributed by atoms with Gasteiger partial charge in [0.2, 0.25) is 0 Å². The maximum atomic E-state index is 6.15. The first-order valence-electron chi connectivity index (χ1n) is 8.08. The molecule has 4 aromatic rings. The molecule has 24 heavy (non-hydrogen) atoms. The van der Waals surface area contributed by atoms with Crippen LogP contribution < -0.4 is 5.32 Å². The molecule has 0 saturated carbocycles. The van der Waals surface area contributed by atoms with Crippen LogP contribution in [0.5, 0.6) is 0 Å². The number of imidazole rings is 2. The Kier molecular flexibility index (Phi) is 2.87. The van der Waals surface area contributed by atoms with E-state index in [0.29, 0.717) is 0 Å².